The highest BCUT2D eigenvalue weighted by Crippen LogP contribution is 2.09. The molecular weight excluding hydrogens is 302 g/mol. The fourth-order valence-electron chi connectivity index (χ4n) is 2.21. The van der Waals surface area contributed by atoms with Gasteiger partial charge in [0, 0.05) is 40.0 Å². The van der Waals surface area contributed by atoms with Crippen molar-refractivity contribution < 1.29 is 9.47 Å². The number of benzene rings is 1. The average Bonchev–Trinajstić information content (AvgIpc) is 2.62. The highest BCUT2D eigenvalue weighted by Gasteiger charge is 2.03. The Hall–Kier alpha value is -1.59. The molecule has 24 heavy (non-hydrogen) atoms. The van der Waals surface area contributed by atoms with Gasteiger partial charge < -0.3 is 20.1 Å². The highest BCUT2D eigenvalue weighted by atomic mass is 16.5. The Morgan fingerprint density at radius 1 is 1.00 bits per heavy atom. The van der Waals surface area contributed by atoms with Crippen LogP contribution >= 0.6 is 0 Å². The number of unbranched alkanes of at least 4 members (excludes halogenated alkanes) is 1. The molecule has 0 aliphatic heterocycles. The molecule has 5 heteroatoms. The summed E-state index contributed by atoms with van der Waals surface area (Å²) in [5.41, 5.74) is 2.45. The first-order valence-corrected chi connectivity index (χ1v) is 8.98. The van der Waals surface area contributed by atoms with Gasteiger partial charge in [0.25, 0.3) is 0 Å². The smallest absolute Gasteiger partial charge is 0.191 e. The zero-order valence-corrected chi connectivity index (χ0v) is 15.4. The van der Waals surface area contributed by atoms with Gasteiger partial charge in [-0.2, -0.15) is 0 Å². The second-order valence-electron chi connectivity index (χ2n) is 5.58. The monoisotopic (exact) mass is 335 g/mol. The van der Waals surface area contributed by atoms with Crippen molar-refractivity contribution in [3.63, 3.8) is 0 Å². The molecule has 5 nitrogen and oxygen atoms in total. The summed E-state index contributed by atoms with van der Waals surface area (Å²) in [6.07, 6.45) is 3.29. The zero-order chi connectivity index (χ0) is 17.5. The Kier molecular flexibility index (Phi) is 11.8. The van der Waals surface area contributed by atoms with Crippen LogP contribution in [0.4, 0.5) is 0 Å². The van der Waals surface area contributed by atoms with Gasteiger partial charge >= 0.3 is 0 Å². The van der Waals surface area contributed by atoms with Crippen LogP contribution in [0.25, 0.3) is 0 Å². The molecule has 0 unspecified atom stereocenters. The van der Waals surface area contributed by atoms with Crippen LogP contribution in [0.3, 0.4) is 0 Å². The zero-order valence-electron chi connectivity index (χ0n) is 15.4. The van der Waals surface area contributed by atoms with E-state index in [1.807, 2.05) is 13.0 Å². The van der Waals surface area contributed by atoms with Crippen molar-refractivity contribution in [2.24, 2.45) is 4.99 Å². The molecule has 0 aliphatic carbocycles. The Morgan fingerprint density at radius 2 is 1.75 bits per heavy atom. The maximum absolute atomic E-state index is 5.56. The van der Waals surface area contributed by atoms with E-state index in [0.29, 0.717) is 6.61 Å². The van der Waals surface area contributed by atoms with E-state index in [4.69, 9.17) is 9.47 Å². The fraction of sp³-hybridized carbons (Fsp3) is 0.632. The maximum atomic E-state index is 5.56. The molecule has 0 aromatic heterocycles. The number of ether oxygens (including phenoxy) is 2. The van der Waals surface area contributed by atoms with Crippen LogP contribution in [0.15, 0.2) is 29.3 Å². The summed E-state index contributed by atoms with van der Waals surface area (Å²) in [7, 11) is 1.79. The Balaban J connectivity index is 2.29. The second kappa shape index (κ2) is 13.8. The molecule has 0 aliphatic rings. The highest BCUT2D eigenvalue weighted by molar-refractivity contribution is 5.79. The molecule has 136 valence electrons. The van der Waals surface area contributed by atoms with Gasteiger partial charge in [0.05, 0.1) is 6.61 Å². The van der Waals surface area contributed by atoms with Gasteiger partial charge in [-0.1, -0.05) is 37.6 Å². The van der Waals surface area contributed by atoms with Gasteiger partial charge in [0.1, 0.15) is 0 Å². The molecule has 0 fully saturated rings. The Bertz CT molecular complexity index is 464. The van der Waals surface area contributed by atoms with E-state index >= 15 is 0 Å². The van der Waals surface area contributed by atoms with E-state index in [2.05, 4.69) is 40.7 Å². The normalized spacial score (nSPS) is 11.5. The van der Waals surface area contributed by atoms with E-state index in [9.17, 15) is 0 Å². The third-order valence-electron chi connectivity index (χ3n) is 3.65. The number of aliphatic imine (C=N–C) groups is 1. The molecule has 0 saturated carbocycles. The SMILES string of the molecule is CCCCOCCCNC(=NC)NCc1ccccc1COCC. The third-order valence-corrected chi connectivity index (χ3v) is 3.65. The summed E-state index contributed by atoms with van der Waals surface area (Å²) in [5, 5.41) is 6.68. The number of hydrogen-bond acceptors (Lipinski definition) is 3. The number of nitrogens with zero attached hydrogens (tertiary/aromatic N) is 1. The van der Waals surface area contributed by atoms with Gasteiger partial charge in [-0.05, 0) is 30.9 Å². The Labute approximate surface area is 146 Å². The third kappa shape index (κ3) is 8.89. The van der Waals surface area contributed by atoms with Crippen molar-refractivity contribution in [3.05, 3.63) is 35.4 Å². The summed E-state index contributed by atoms with van der Waals surface area (Å²) >= 11 is 0. The molecule has 1 aromatic rings. The van der Waals surface area contributed by atoms with Crippen molar-refractivity contribution in [1.29, 1.82) is 0 Å². The molecule has 0 radical (unpaired) electrons. The van der Waals surface area contributed by atoms with Crippen molar-refractivity contribution in [3.8, 4) is 0 Å². The minimum atomic E-state index is 0.648. The topological polar surface area (TPSA) is 54.9 Å². The van der Waals surface area contributed by atoms with Gasteiger partial charge in [-0.3, -0.25) is 4.99 Å². The molecule has 0 amide bonds. The molecule has 1 aromatic carbocycles. The van der Waals surface area contributed by atoms with Crippen LogP contribution in [-0.2, 0) is 22.6 Å². The van der Waals surface area contributed by atoms with Crippen molar-refractivity contribution in [2.45, 2.75) is 46.3 Å². The first-order chi connectivity index (χ1) is 11.8. The predicted molar refractivity (Wildman–Crippen MR) is 100 cm³/mol. The van der Waals surface area contributed by atoms with E-state index in [0.717, 1.165) is 51.7 Å². The largest absolute Gasteiger partial charge is 0.381 e. The van der Waals surface area contributed by atoms with Gasteiger partial charge in [-0.25, -0.2) is 0 Å². The number of guanidine groups is 1. The number of nitrogens with one attached hydrogen (secondary N) is 2. The number of rotatable bonds is 12. The standard InChI is InChI=1S/C19H33N3O2/c1-4-6-13-24-14-9-12-21-19(20-3)22-15-17-10-7-8-11-18(17)16-23-5-2/h7-8,10-11H,4-6,9,12-16H2,1-3H3,(H2,20,21,22). The van der Waals surface area contributed by atoms with Crippen LogP contribution < -0.4 is 10.6 Å². The van der Waals surface area contributed by atoms with Gasteiger partial charge in [0.15, 0.2) is 5.96 Å². The summed E-state index contributed by atoms with van der Waals surface area (Å²) in [6, 6.07) is 8.33. The van der Waals surface area contributed by atoms with Crippen LogP contribution in [0, 0.1) is 0 Å². The fourth-order valence-corrected chi connectivity index (χ4v) is 2.21. The van der Waals surface area contributed by atoms with Gasteiger partial charge in [-0.15, -0.1) is 0 Å². The summed E-state index contributed by atoms with van der Waals surface area (Å²) in [5.74, 6) is 0.815. The molecule has 0 spiro atoms. The van der Waals surface area contributed by atoms with Crippen molar-refractivity contribution in [1.82, 2.24) is 10.6 Å². The molecule has 0 heterocycles. The summed E-state index contributed by atoms with van der Waals surface area (Å²) in [4.78, 5) is 4.26. The van der Waals surface area contributed by atoms with Crippen LogP contribution in [0.5, 0.6) is 0 Å². The molecule has 0 atom stereocenters. The van der Waals surface area contributed by atoms with E-state index in [1.54, 1.807) is 7.05 Å². The lowest BCUT2D eigenvalue weighted by molar-refractivity contribution is 0.129. The maximum Gasteiger partial charge on any atom is 0.191 e. The molecular formula is C19H33N3O2. The van der Waals surface area contributed by atoms with Crippen LogP contribution in [-0.4, -0.2) is 39.4 Å². The van der Waals surface area contributed by atoms with Crippen LogP contribution in [0.2, 0.25) is 0 Å². The lowest BCUT2D eigenvalue weighted by atomic mass is 10.1. The summed E-state index contributed by atoms with van der Waals surface area (Å²) < 4.78 is 11.1. The lowest BCUT2D eigenvalue weighted by Crippen LogP contribution is -2.37. The molecule has 0 saturated heterocycles. The quantitative estimate of drug-likeness (QED) is 0.350. The predicted octanol–water partition coefficient (Wildman–Crippen LogP) is 3.09. The molecule has 0 bridgehead atoms. The van der Waals surface area contributed by atoms with Gasteiger partial charge in [0.2, 0.25) is 0 Å². The van der Waals surface area contributed by atoms with Crippen molar-refractivity contribution in [2.75, 3.05) is 33.4 Å². The average molecular weight is 335 g/mol. The molecule has 2 N–H and O–H groups in total. The van der Waals surface area contributed by atoms with Crippen molar-refractivity contribution >= 4 is 5.96 Å². The lowest BCUT2D eigenvalue weighted by Gasteiger charge is -2.14. The first kappa shape index (κ1) is 20.5. The van der Waals surface area contributed by atoms with Crippen LogP contribution in [0.1, 0.15) is 44.2 Å². The minimum absolute atomic E-state index is 0.648. The van der Waals surface area contributed by atoms with E-state index in [-0.39, 0.29) is 0 Å². The Morgan fingerprint density at radius 3 is 2.46 bits per heavy atom. The van der Waals surface area contributed by atoms with E-state index < -0.39 is 0 Å². The molecule has 1 rings (SSSR count). The minimum Gasteiger partial charge on any atom is -0.381 e. The second-order valence-corrected chi connectivity index (χ2v) is 5.58. The first-order valence-electron chi connectivity index (χ1n) is 8.98. The number of hydrogen-bond donors (Lipinski definition) is 2. The van der Waals surface area contributed by atoms with E-state index in [1.165, 1.54) is 17.5 Å². The summed E-state index contributed by atoms with van der Waals surface area (Å²) in [6.45, 7) is 8.80.